The van der Waals surface area contributed by atoms with Gasteiger partial charge in [-0.3, -0.25) is 9.59 Å². The lowest BCUT2D eigenvalue weighted by atomic mass is 10.3. The van der Waals surface area contributed by atoms with Gasteiger partial charge in [0.1, 0.15) is 0 Å². The summed E-state index contributed by atoms with van der Waals surface area (Å²) in [4.78, 5) is 23.1. The van der Waals surface area contributed by atoms with Crippen molar-refractivity contribution >= 4 is 23.6 Å². The van der Waals surface area contributed by atoms with Crippen molar-refractivity contribution in [2.45, 2.75) is 12.5 Å². The standard InChI is InChI=1S/C8H13NO4S/c10-6-1-2-9(3-6)7(11)4-14-5-8(12)13/h6,10H,1-5H2,(H,12,13)/t6-/m0/s1. The Hall–Kier alpha value is -0.750. The molecule has 0 aromatic carbocycles. The van der Waals surface area contributed by atoms with E-state index < -0.39 is 12.1 Å². The third-order valence-corrected chi connectivity index (χ3v) is 2.87. The Balaban J connectivity index is 2.18. The largest absolute Gasteiger partial charge is 0.481 e. The normalized spacial score (nSPS) is 21.2. The van der Waals surface area contributed by atoms with Gasteiger partial charge < -0.3 is 15.1 Å². The SMILES string of the molecule is O=C(O)CSCC(=O)N1CC[C@H](O)C1. The van der Waals surface area contributed by atoms with Gasteiger partial charge in [-0.2, -0.15) is 0 Å². The van der Waals surface area contributed by atoms with E-state index in [1.807, 2.05) is 0 Å². The fourth-order valence-electron chi connectivity index (χ4n) is 1.29. The van der Waals surface area contributed by atoms with Crippen molar-refractivity contribution < 1.29 is 19.8 Å². The van der Waals surface area contributed by atoms with Gasteiger partial charge in [0.25, 0.3) is 0 Å². The Morgan fingerprint density at radius 3 is 2.64 bits per heavy atom. The number of aliphatic carboxylic acids is 1. The van der Waals surface area contributed by atoms with Gasteiger partial charge in [0.2, 0.25) is 5.91 Å². The molecule has 80 valence electrons. The van der Waals surface area contributed by atoms with Crippen LogP contribution in [0.3, 0.4) is 0 Å². The van der Waals surface area contributed by atoms with Crippen molar-refractivity contribution in [3.8, 4) is 0 Å². The summed E-state index contributed by atoms with van der Waals surface area (Å²) in [7, 11) is 0. The molecule has 0 spiro atoms. The Labute approximate surface area is 86.1 Å². The zero-order valence-corrected chi connectivity index (χ0v) is 8.50. The van der Waals surface area contributed by atoms with Crippen LogP contribution in [-0.4, -0.2) is 57.7 Å². The fourth-order valence-corrected chi connectivity index (χ4v) is 1.92. The number of hydrogen-bond acceptors (Lipinski definition) is 4. The molecule has 1 rings (SSSR count). The Morgan fingerprint density at radius 2 is 2.14 bits per heavy atom. The van der Waals surface area contributed by atoms with E-state index in [4.69, 9.17) is 10.2 Å². The predicted octanol–water partition coefficient (Wildman–Crippen LogP) is -0.603. The van der Waals surface area contributed by atoms with Crippen molar-refractivity contribution in [3.63, 3.8) is 0 Å². The third kappa shape index (κ3) is 3.55. The molecule has 6 heteroatoms. The summed E-state index contributed by atoms with van der Waals surface area (Å²) in [5.74, 6) is -0.877. The Morgan fingerprint density at radius 1 is 1.43 bits per heavy atom. The van der Waals surface area contributed by atoms with E-state index in [1.54, 1.807) is 4.90 Å². The van der Waals surface area contributed by atoms with Crippen molar-refractivity contribution in [2.75, 3.05) is 24.6 Å². The number of carboxylic acids is 1. The summed E-state index contributed by atoms with van der Waals surface area (Å²) >= 11 is 1.09. The molecular formula is C8H13NO4S. The first-order chi connectivity index (χ1) is 6.59. The number of aliphatic hydroxyl groups is 1. The molecule has 5 nitrogen and oxygen atoms in total. The van der Waals surface area contributed by atoms with Crippen LogP contribution in [0.1, 0.15) is 6.42 Å². The average Bonchev–Trinajstić information content (AvgIpc) is 2.51. The smallest absolute Gasteiger partial charge is 0.313 e. The number of carbonyl (C=O) groups excluding carboxylic acids is 1. The quantitative estimate of drug-likeness (QED) is 0.660. The van der Waals surface area contributed by atoms with Crippen LogP contribution in [0.4, 0.5) is 0 Å². The Bertz CT molecular complexity index is 233. The maximum absolute atomic E-state index is 11.4. The van der Waals surface area contributed by atoms with Gasteiger partial charge in [-0.15, -0.1) is 11.8 Å². The lowest BCUT2D eigenvalue weighted by Crippen LogP contribution is -2.31. The fraction of sp³-hybridized carbons (Fsp3) is 0.750. The van der Waals surface area contributed by atoms with E-state index in [0.29, 0.717) is 19.5 Å². The topological polar surface area (TPSA) is 77.8 Å². The number of carbonyl (C=O) groups is 2. The molecule has 1 atom stereocenters. The first-order valence-corrected chi connectivity index (χ1v) is 5.50. The molecule has 1 fully saturated rings. The van der Waals surface area contributed by atoms with E-state index in [2.05, 4.69) is 0 Å². The van der Waals surface area contributed by atoms with Crippen LogP contribution in [0.25, 0.3) is 0 Å². The lowest BCUT2D eigenvalue weighted by Gasteiger charge is -2.14. The van der Waals surface area contributed by atoms with Crippen LogP contribution in [0.2, 0.25) is 0 Å². The summed E-state index contributed by atoms with van der Waals surface area (Å²) in [5, 5.41) is 17.5. The first-order valence-electron chi connectivity index (χ1n) is 4.35. The summed E-state index contributed by atoms with van der Waals surface area (Å²) in [6.45, 7) is 0.958. The van der Waals surface area contributed by atoms with Crippen LogP contribution in [0.5, 0.6) is 0 Å². The molecule has 1 heterocycles. The molecule has 0 saturated carbocycles. The molecule has 14 heavy (non-hydrogen) atoms. The van der Waals surface area contributed by atoms with E-state index in [-0.39, 0.29) is 17.4 Å². The number of carboxylic acid groups (broad SMARTS) is 1. The second kappa shape index (κ2) is 5.21. The van der Waals surface area contributed by atoms with Gasteiger partial charge in [-0.1, -0.05) is 0 Å². The molecule has 0 aromatic rings. The van der Waals surface area contributed by atoms with E-state index >= 15 is 0 Å². The number of aliphatic hydroxyl groups excluding tert-OH is 1. The van der Waals surface area contributed by atoms with Gasteiger partial charge in [0.15, 0.2) is 0 Å². The molecule has 2 N–H and O–H groups in total. The van der Waals surface area contributed by atoms with Crippen LogP contribution >= 0.6 is 11.8 Å². The van der Waals surface area contributed by atoms with Crippen molar-refractivity contribution in [1.29, 1.82) is 0 Å². The van der Waals surface area contributed by atoms with E-state index in [1.165, 1.54) is 0 Å². The van der Waals surface area contributed by atoms with Crippen LogP contribution in [0.15, 0.2) is 0 Å². The number of likely N-dealkylation sites (tertiary alicyclic amines) is 1. The van der Waals surface area contributed by atoms with Gasteiger partial charge in [0.05, 0.1) is 17.6 Å². The second-order valence-corrected chi connectivity index (χ2v) is 4.15. The summed E-state index contributed by atoms with van der Waals surface area (Å²) in [6.07, 6.45) is 0.207. The van der Waals surface area contributed by atoms with E-state index in [9.17, 15) is 9.59 Å². The molecule has 0 aromatic heterocycles. The minimum atomic E-state index is -0.913. The second-order valence-electron chi connectivity index (χ2n) is 3.17. The zero-order valence-electron chi connectivity index (χ0n) is 7.68. The molecule has 1 aliphatic rings. The highest BCUT2D eigenvalue weighted by Gasteiger charge is 2.24. The van der Waals surface area contributed by atoms with Crippen molar-refractivity contribution in [3.05, 3.63) is 0 Å². The summed E-state index contributed by atoms with van der Waals surface area (Å²) in [6, 6.07) is 0. The molecule has 0 unspecified atom stereocenters. The van der Waals surface area contributed by atoms with Crippen LogP contribution in [0, 0.1) is 0 Å². The molecular weight excluding hydrogens is 206 g/mol. The number of β-amino-alcohol motifs (C(OH)–C–C–N with tert-alkyl or cyclic N) is 1. The van der Waals surface area contributed by atoms with Crippen LogP contribution in [-0.2, 0) is 9.59 Å². The van der Waals surface area contributed by atoms with E-state index in [0.717, 1.165) is 11.8 Å². The highest BCUT2D eigenvalue weighted by atomic mass is 32.2. The number of hydrogen-bond donors (Lipinski definition) is 2. The minimum absolute atomic E-state index is 0.0534. The van der Waals surface area contributed by atoms with Gasteiger partial charge in [-0.25, -0.2) is 0 Å². The molecule has 1 aliphatic heterocycles. The maximum atomic E-state index is 11.4. The first kappa shape index (κ1) is 11.3. The lowest BCUT2D eigenvalue weighted by molar-refractivity contribution is -0.133. The number of amides is 1. The number of rotatable bonds is 4. The van der Waals surface area contributed by atoms with Crippen LogP contribution < -0.4 is 0 Å². The average molecular weight is 219 g/mol. The molecule has 0 aliphatic carbocycles. The number of nitrogens with zero attached hydrogens (tertiary/aromatic N) is 1. The summed E-state index contributed by atoms with van der Waals surface area (Å²) < 4.78 is 0. The minimum Gasteiger partial charge on any atom is -0.481 e. The predicted molar refractivity (Wildman–Crippen MR) is 52.2 cm³/mol. The maximum Gasteiger partial charge on any atom is 0.313 e. The van der Waals surface area contributed by atoms with Gasteiger partial charge >= 0.3 is 5.97 Å². The molecule has 0 bridgehead atoms. The van der Waals surface area contributed by atoms with Crippen molar-refractivity contribution in [2.24, 2.45) is 0 Å². The third-order valence-electron chi connectivity index (χ3n) is 1.97. The van der Waals surface area contributed by atoms with Gasteiger partial charge in [0, 0.05) is 13.1 Å². The molecule has 1 saturated heterocycles. The highest BCUT2D eigenvalue weighted by Crippen LogP contribution is 2.11. The monoisotopic (exact) mass is 219 g/mol. The van der Waals surface area contributed by atoms with Crippen molar-refractivity contribution in [1.82, 2.24) is 4.90 Å². The number of thioether (sulfide) groups is 1. The Kier molecular flexibility index (Phi) is 4.21. The highest BCUT2D eigenvalue weighted by molar-refractivity contribution is 8.00. The van der Waals surface area contributed by atoms with Gasteiger partial charge in [-0.05, 0) is 6.42 Å². The zero-order chi connectivity index (χ0) is 10.6. The molecule has 1 amide bonds. The summed E-state index contributed by atoms with van der Waals surface area (Å²) in [5.41, 5.74) is 0. The molecule has 0 radical (unpaired) electrons.